The number of nitrogens with zero attached hydrogens (tertiary/aromatic N) is 1. The van der Waals surface area contributed by atoms with Crippen LogP contribution in [0.15, 0.2) is 10.7 Å². The van der Waals surface area contributed by atoms with Gasteiger partial charge >= 0.3 is 5.97 Å². The first kappa shape index (κ1) is 10.7. The van der Waals surface area contributed by atoms with E-state index in [2.05, 4.69) is 9.72 Å². The third kappa shape index (κ3) is 2.32. The third-order valence-electron chi connectivity index (χ3n) is 1.94. The molecule has 0 aliphatic rings. The highest BCUT2D eigenvalue weighted by Crippen LogP contribution is 2.17. The summed E-state index contributed by atoms with van der Waals surface area (Å²) in [5, 5.41) is 0. The van der Waals surface area contributed by atoms with Gasteiger partial charge in [-0.2, -0.15) is 0 Å². The first-order chi connectivity index (χ1) is 6.69. The van der Waals surface area contributed by atoms with E-state index in [1.54, 1.807) is 0 Å². The number of esters is 1. The fourth-order valence-electron chi connectivity index (χ4n) is 1.09. The normalized spacial score (nSPS) is 12.5. The maximum atomic E-state index is 11.0. The van der Waals surface area contributed by atoms with Crippen LogP contribution in [0, 0.1) is 0 Å². The number of nitrogens with two attached hydrogens (primary N) is 1. The van der Waals surface area contributed by atoms with Gasteiger partial charge in [0.05, 0.1) is 7.11 Å². The summed E-state index contributed by atoms with van der Waals surface area (Å²) in [7, 11) is 1.31. The summed E-state index contributed by atoms with van der Waals surface area (Å²) in [6, 6.07) is 0. The topological polar surface area (TPSA) is 78.3 Å². The van der Waals surface area contributed by atoms with Crippen molar-refractivity contribution in [2.75, 3.05) is 13.7 Å². The second-order valence-corrected chi connectivity index (χ2v) is 3.04. The molecule has 2 N–H and O–H groups in total. The quantitative estimate of drug-likeness (QED) is 0.727. The molecule has 0 bridgehead atoms. The Hall–Kier alpha value is -1.36. The number of carbonyl (C=O) groups is 1. The molecule has 0 unspecified atom stereocenters. The van der Waals surface area contributed by atoms with E-state index >= 15 is 0 Å². The van der Waals surface area contributed by atoms with E-state index in [4.69, 9.17) is 10.2 Å². The van der Waals surface area contributed by atoms with Crippen molar-refractivity contribution in [3.63, 3.8) is 0 Å². The van der Waals surface area contributed by atoms with Gasteiger partial charge in [0.1, 0.15) is 6.26 Å². The Morgan fingerprint density at radius 1 is 1.79 bits per heavy atom. The highest BCUT2D eigenvalue weighted by Gasteiger charge is 2.16. The summed E-state index contributed by atoms with van der Waals surface area (Å²) in [6.07, 6.45) is 2.08. The van der Waals surface area contributed by atoms with Gasteiger partial charge in [-0.05, 0) is 13.0 Å². The highest BCUT2D eigenvalue weighted by atomic mass is 16.5. The Bertz CT molecular complexity index is 309. The molecule has 0 amide bonds. The van der Waals surface area contributed by atoms with E-state index in [0.717, 1.165) is 6.42 Å². The van der Waals surface area contributed by atoms with E-state index in [1.165, 1.54) is 13.4 Å². The zero-order valence-corrected chi connectivity index (χ0v) is 8.32. The fourth-order valence-corrected chi connectivity index (χ4v) is 1.09. The van der Waals surface area contributed by atoms with Crippen LogP contribution in [0.25, 0.3) is 0 Å². The molecular formula is C9H14N2O3. The maximum absolute atomic E-state index is 11.0. The molecule has 0 aromatic carbocycles. The standard InChI is InChI=1S/C9H14N2O3/c1-6(3-4-10)8-11-7(5-14-8)9(12)13-2/h5-6H,3-4,10H2,1-2H3/t6-/m0/s1. The van der Waals surface area contributed by atoms with E-state index in [9.17, 15) is 4.79 Å². The van der Waals surface area contributed by atoms with Crippen molar-refractivity contribution in [2.45, 2.75) is 19.3 Å². The summed E-state index contributed by atoms with van der Waals surface area (Å²) >= 11 is 0. The smallest absolute Gasteiger partial charge is 0.360 e. The average Bonchev–Trinajstić information content (AvgIpc) is 2.66. The molecule has 78 valence electrons. The predicted molar refractivity (Wildman–Crippen MR) is 49.9 cm³/mol. The van der Waals surface area contributed by atoms with Gasteiger partial charge in [0.15, 0.2) is 11.6 Å². The SMILES string of the molecule is COC(=O)c1coc([C@@H](C)CCN)n1. The number of hydrogen-bond acceptors (Lipinski definition) is 5. The Morgan fingerprint density at radius 3 is 3.07 bits per heavy atom. The van der Waals surface area contributed by atoms with E-state index in [-0.39, 0.29) is 11.6 Å². The first-order valence-corrected chi connectivity index (χ1v) is 4.42. The minimum atomic E-state index is -0.486. The maximum Gasteiger partial charge on any atom is 0.360 e. The minimum Gasteiger partial charge on any atom is -0.464 e. The average molecular weight is 198 g/mol. The van der Waals surface area contributed by atoms with Crippen LogP contribution in [0.2, 0.25) is 0 Å². The molecule has 1 atom stereocenters. The lowest BCUT2D eigenvalue weighted by atomic mass is 10.1. The van der Waals surface area contributed by atoms with Crippen molar-refractivity contribution in [1.29, 1.82) is 0 Å². The number of hydrogen-bond donors (Lipinski definition) is 1. The Balaban J connectivity index is 2.72. The van der Waals surface area contributed by atoms with Crippen LogP contribution < -0.4 is 5.73 Å². The number of ether oxygens (including phenoxy) is 1. The zero-order chi connectivity index (χ0) is 10.6. The Kier molecular flexibility index (Phi) is 3.64. The lowest BCUT2D eigenvalue weighted by molar-refractivity contribution is 0.0594. The molecule has 0 aliphatic carbocycles. The van der Waals surface area contributed by atoms with Crippen LogP contribution in [0.1, 0.15) is 35.6 Å². The number of oxazole rings is 1. The van der Waals surface area contributed by atoms with Gasteiger partial charge in [-0.1, -0.05) is 6.92 Å². The molecule has 1 heterocycles. The monoisotopic (exact) mass is 198 g/mol. The van der Waals surface area contributed by atoms with Crippen LogP contribution in [0.5, 0.6) is 0 Å². The fraction of sp³-hybridized carbons (Fsp3) is 0.556. The van der Waals surface area contributed by atoms with Crippen molar-refractivity contribution in [2.24, 2.45) is 5.73 Å². The molecule has 1 rings (SSSR count). The summed E-state index contributed by atoms with van der Waals surface area (Å²) < 4.78 is 9.64. The van der Waals surface area contributed by atoms with Gasteiger partial charge in [0.25, 0.3) is 0 Å². The second-order valence-electron chi connectivity index (χ2n) is 3.04. The molecule has 0 radical (unpaired) electrons. The zero-order valence-electron chi connectivity index (χ0n) is 8.32. The van der Waals surface area contributed by atoms with Crippen LogP contribution in [0.3, 0.4) is 0 Å². The third-order valence-corrected chi connectivity index (χ3v) is 1.94. The molecule has 0 aliphatic heterocycles. The molecular weight excluding hydrogens is 184 g/mol. The first-order valence-electron chi connectivity index (χ1n) is 4.42. The molecule has 5 heteroatoms. The van der Waals surface area contributed by atoms with Gasteiger partial charge in [0.2, 0.25) is 0 Å². The largest absolute Gasteiger partial charge is 0.464 e. The van der Waals surface area contributed by atoms with Crippen LogP contribution >= 0.6 is 0 Å². The van der Waals surface area contributed by atoms with Crippen molar-refractivity contribution < 1.29 is 13.9 Å². The molecule has 14 heavy (non-hydrogen) atoms. The van der Waals surface area contributed by atoms with E-state index in [0.29, 0.717) is 12.4 Å². The Labute approximate surface area is 82.2 Å². The molecule has 0 spiro atoms. The van der Waals surface area contributed by atoms with Gasteiger partial charge < -0.3 is 14.9 Å². The summed E-state index contributed by atoms with van der Waals surface area (Å²) in [4.78, 5) is 15.0. The number of rotatable bonds is 4. The summed E-state index contributed by atoms with van der Waals surface area (Å²) in [5.74, 6) is 0.161. The van der Waals surface area contributed by atoms with Gasteiger partial charge in [-0.15, -0.1) is 0 Å². The van der Waals surface area contributed by atoms with Crippen LogP contribution in [-0.4, -0.2) is 24.6 Å². The van der Waals surface area contributed by atoms with Gasteiger partial charge in [0, 0.05) is 5.92 Å². The number of aromatic nitrogens is 1. The van der Waals surface area contributed by atoms with Gasteiger partial charge in [-0.3, -0.25) is 0 Å². The molecule has 0 saturated carbocycles. The van der Waals surface area contributed by atoms with E-state index in [1.807, 2.05) is 6.92 Å². The molecule has 1 aromatic rings. The van der Waals surface area contributed by atoms with Crippen molar-refractivity contribution >= 4 is 5.97 Å². The molecule has 5 nitrogen and oxygen atoms in total. The molecule has 0 saturated heterocycles. The Morgan fingerprint density at radius 2 is 2.50 bits per heavy atom. The predicted octanol–water partition coefficient (Wildman–Crippen LogP) is 0.913. The second kappa shape index (κ2) is 4.76. The van der Waals surface area contributed by atoms with Crippen LogP contribution in [0.4, 0.5) is 0 Å². The highest BCUT2D eigenvalue weighted by molar-refractivity contribution is 5.86. The molecule has 0 fully saturated rings. The minimum absolute atomic E-state index is 0.124. The van der Waals surface area contributed by atoms with Crippen LogP contribution in [-0.2, 0) is 4.74 Å². The lowest BCUT2D eigenvalue weighted by Crippen LogP contribution is -2.06. The number of carbonyl (C=O) groups excluding carboxylic acids is 1. The van der Waals surface area contributed by atoms with Crippen molar-refractivity contribution in [3.05, 3.63) is 17.8 Å². The number of methoxy groups -OCH3 is 1. The van der Waals surface area contributed by atoms with Crippen molar-refractivity contribution in [1.82, 2.24) is 4.98 Å². The lowest BCUT2D eigenvalue weighted by Gasteiger charge is -2.02. The van der Waals surface area contributed by atoms with Crippen molar-refractivity contribution in [3.8, 4) is 0 Å². The van der Waals surface area contributed by atoms with Gasteiger partial charge in [-0.25, -0.2) is 9.78 Å². The molecule has 1 aromatic heterocycles. The summed E-state index contributed by atoms with van der Waals surface area (Å²) in [5.41, 5.74) is 5.60. The van der Waals surface area contributed by atoms with E-state index < -0.39 is 5.97 Å². The summed E-state index contributed by atoms with van der Waals surface area (Å²) in [6.45, 7) is 2.51.